The maximum Gasteiger partial charge on any atom is 0.340 e. The van der Waals surface area contributed by atoms with Crippen molar-refractivity contribution < 1.29 is 19.4 Å². The maximum atomic E-state index is 12.0. The molecule has 126 valence electrons. The van der Waals surface area contributed by atoms with Crippen LogP contribution in [0.4, 0.5) is 5.82 Å². The SMILES string of the molecule is C[C@H](OC(=O)[C@@H](O)c1ccccc1)C(=O)Nc1ncc(Cl)cc1Cl. The summed E-state index contributed by atoms with van der Waals surface area (Å²) in [6, 6.07) is 9.68. The van der Waals surface area contributed by atoms with Crippen molar-refractivity contribution in [1.82, 2.24) is 4.98 Å². The molecule has 0 bridgehead atoms. The largest absolute Gasteiger partial charge is 0.450 e. The average molecular weight is 369 g/mol. The molecule has 2 N–H and O–H groups in total. The highest BCUT2D eigenvalue weighted by atomic mass is 35.5. The zero-order chi connectivity index (χ0) is 17.7. The molecule has 6 nitrogen and oxygen atoms in total. The first-order valence-electron chi connectivity index (χ1n) is 6.94. The van der Waals surface area contributed by atoms with E-state index in [-0.39, 0.29) is 10.8 Å². The molecule has 1 aromatic carbocycles. The van der Waals surface area contributed by atoms with E-state index in [1.807, 2.05) is 0 Å². The number of amides is 1. The number of hydrogen-bond donors (Lipinski definition) is 2. The standard InChI is InChI=1S/C16H14Cl2N2O4/c1-9(15(22)20-14-12(18)7-11(17)8-19-14)24-16(23)13(21)10-5-3-2-4-6-10/h2-9,13,21H,1H3,(H,19,20,22)/t9-,13-/m0/s1. The van der Waals surface area contributed by atoms with Gasteiger partial charge in [0, 0.05) is 6.20 Å². The normalized spacial score (nSPS) is 13.0. The van der Waals surface area contributed by atoms with Gasteiger partial charge in [-0.2, -0.15) is 0 Å². The first-order chi connectivity index (χ1) is 11.4. The first kappa shape index (κ1) is 18.2. The molecule has 24 heavy (non-hydrogen) atoms. The molecule has 0 aliphatic rings. The van der Waals surface area contributed by atoms with Gasteiger partial charge in [-0.3, -0.25) is 4.79 Å². The summed E-state index contributed by atoms with van der Waals surface area (Å²) in [7, 11) is 0. The predicted molar refractivity (Wildman–Crippen MR) is 89.8 cm³/mol. The van der Waals surface area contributed by atoms with E-state index >= 15 is 0 Å². The number of halogens is 2. The average Bonchev–Trinajstić information content (AvgIpc) is 2.57. The topological polar surface area (TPSA) is 88.5 Å². The second-order valence-electron chi connectivity index (χ2n) is 4.87. The Bertz CT molecular complexity index is 740. The van der Waals surface area contributed by atoms with Gasteiger partial charge in [0.25, 0.3) is 5.91 Å². The van der Waals surface area contributed by atoms with Gasteiger partial charge in [0.15, 0.2) is 18.0 Å². The van der Waals surface area contributed by atoms with Crippen LogP contribution in [0.3, 0.4) is 0 Å². The van der Waals surface area contributed by atoms with Crippen molar-refractivity contribution in [2.45, 2.75) is 19.1 Å². The van der Waals surface area contributed by atoms with Crippen molar-refractivity contribution in [1.29, 1.82) is 0 Å². The van der Waals surface area contributed by atoms with Crippen molar-refractivity contribution in [3.8, 4) is 0 Å². The highest BCUT2D eigenvalue weighted by Crippen LogP contribution is 2.23. The molecule has 8 heteroatoms. The number of anilines is 1. The molecule has 0 saturated heterocycles. The Morgan fingerprint density at radius 2 is 1.92 bits per heavy atom. The Labute approximate surface area is 148 Å². The molecule has 0 saturated carbocycles. The van der Waals surface area contributed by atoms with E-state index in [1.165, 1.54) is 19.2 Å². The number of aromatic nitrogens is 1. The van der Waals surface area contributed by atoms with Crippen LogP contribution < -0.4 is 5.32 Å². The number of aliphatic hydroxyl groups is 1. The zero-order valence-corrected chi connectivity index (χ0v) is 14.1. The van der Waals surface area contributed by atoms with Crippen molar-refractivity contribution in [3.63, 3.8) is 0 Å². The lowest BCUT2D eigenvalue weighted by Crippen LogP contribution is -2.32. The third-order valence-electron chi connectivity index (χ3n) is 3.05. The Hall–Kier alpha value is -2.15. The highest BCUT2D eigenvalue weighted by molar-refractivity contribution is 6.36. The van der Waals surface area contributed by atoms with Crippen LogP contribution in [-0.4, -0.2) is 28.1 Å². The lowest BCUT2D eigenvalue weighted by atomic mass is 10.1. The number of benzene rings is 1. The summed E-state index contributed by atoms with van der Waals surface area (Å²) >= 11 is 11.6. The van der Waals surface area contributed by atoms with E-state index in [4.69, 9.17) is 27.9 Å². The predicted octanol–water partition coefficient (Wildman–Crippen LogP) is 2.99. The van der Waals surface area contributed by atoms with Gasteiger partial charge in [-0.15, -0.1) is 0 Å². The van der Waals surface area contributed by atoms with Crippen LogP contribution in [0, 0.1) is 0 Å². The number of carbonyl (C=O) groups excluding carboxylic acids is 2. The number of nitrogens with zero attached hydrogens (tertiary/aromatic N) is 1. The van der Waals surface area contributed by atoms with Crippen LogP contribution in [0.25, 0.3) is 0 Å². The second kappa shape index (κ2) is 8.10. The molecule has 0 unspecified atom stereocenters. The molecule has 0 aliphatic carbocycles. The number of nitrogens with one attached hydrogen (secondary N) is 1. The van der Waals surface area contributed by atoms with E-state index in [2.05, 4.69) is 10.3 Å². The van der Waals surface area contributed by atoms with Gasteiger partial charge in [0.2, 0.25) is 0 Å². The number of aliphatic hydroxyl groups excluding tert-OH is 1. The Morgan fingerprint density at radius 3 is 2.54 bits per heavy atom. The fraction of sp³-hybridized carbons (Fsp3) is 0.188. The smallest absolute Gasteiger partial charge is 0.340 e. The van der Waals surface area contributed by atoms with E-state index in [1.54, 1.807) is 30.3 Å². The molecule has 1 amide bonds. The van der Waals surface area contributed by atoms with E-state index in [0.717, 1.165) is 0 Å². The summed E-state index contributed by atoms with van der Waals surface area (Å²) in [5.74, 6) is -1.48. The van der Waals surface area contributed by atoms with Crippen LogP contribution in [0.15, 0.2) is 42.6 Å². The minimum absolute atomic E-state index is 0.0950. The van der Waals surface area contributed by atoms with Gasteiger partial charge in [-0.25, -0.2) is 9.78 Å². The number of ether oxygens (including phenoxy) is 1. The molecule has 0 spiro atoms. The number of carbonyl (C=O) groups is 2. The van der Waals surface area contributed by atoms with Crippen LogP contribution in [0.2, 0.25) is 10.0 Å². The Kier molecular flexibility index (Phi) is 6.14. The maximum absolute atomic E-state index is 12.0. The summed E-state index contributed by atoms with van der Waals surface area (Å²) in [6.07, 6.45) is -1.30. The monoisotopic (exact) mass is 368 g/mol. The third kappa shape index (κ3) is 4.67. The minimum Gasteiger partial charge on any atom is -0.450 e. The molecule has 2 atom stereocenters. The summed E-state index contributed by atoms with van der Waals surface area (Å²) in [5, 5.41) is 12.8. The van der Waals surface area contributed by atoms with E-state index in [0.29, 0.717) is 10.6 Å². The van der Waals surface area contributed by atoms with Crippen molar-refractivity contribution in [2.24, 2.45) is 0 Å². The minimum atomic E-state index is -1.47. The van der Waals surface area contributed by atoms with Crippen LogP contribution in [-0.2, 0) is 14.3 Å². The van der Waals surface area contributed by atoms with Crippen molar-refractivity contribution in [3.05, 3.63) is 58.2 Å². The number of rotatable bonds is 5. The molecular weight excluding hydrogens is 355 g/mol. The Balaban J connectivity index is 1.97. The highest BCUT2D eigenvalue weighted by Gasteiger charge is 2.25. The summed E-state index contributed by atoms with van der Waals surface area (Å²) < 4.78 is 4.97. The Morgan fingerprint density at radius 1 is 1.25 bits per heavy atom. The van der Waals surface area contributed by atoms with Gasteiger partial charge in [-0.05, 0) is 18.6 Å². The first-order valence-corrected chi connectivity index (χ1v) is 7.69. The van der Waals surface area contributed by atoms with Crippen LogP contribution in [0.5, 0.6) is 0 Å². The third-order valence-corrected chi connectivity index (χ3v) is 3.54. The van der Waals surface area contributed by atoms with E-state index in [9.17, 15) is 14.7 Å². The molecule has 0 fully saturated rings. The molecule has 1 aromatic heterocycles. The lowest BCUT2D eigenvalue weighted by Gasteiger charge is -2.16. The number of esters is 1. The lowest BCUT2D eigenvalue weighted by molar-refractivity contribution is -0.162. The molecular formula is C16H14Cl2N2O4. The quantitative estimate of drug-likeness (QED) is 0.791. The van der Waals surface area contributed by atoms with Gasteiger partial charge >= 0.3 is 5.97 Å². The fourth-order valence-corrected chi connectivity index (χ4v) is 2.22. The molecule has 2 rings (SSSR count). The van der Waals surface area contributed by atoms with E-state index < -0.39 is 24.1 Å². The van der Waals surface area contributed by atoms with Gasteiger partial charge in [-0.1, -0.05) is 53.5 Å². The van der Waals surface area contributed by atoms with Crippen molar-refractivity contribution >= 4 is 40.9 Å². The van der Waals surface area contributed by atoms with Gasteiger partial charge in [0.05, 0.1) is 10.0 Å². The van der Waals surface area contributed by atoms with Gasteiger partial charge < -0.3 is 15.2 Å². The summed E-state index contributed by atoms with van der Waals surface area (Å²) in [4.78, 5) is 27.8. The van der Waals surface area contributed by atoms with Crippen molar-refractivity contribution in [2.75, 3.05) is 5.32 Å². The zero-order valence-electron chi connectivity index (χ0n) is 12.6. The number of hydrogen-bond acceptors (Lipinski definition) is 5. The molecule has 0 radical (unpaired) electrons. The summed E-state index contributed by atoms with van der Waals surface area (Å²) in [5.41, 5.74) is 0.373. The summed E-state index contributed by atoms with van der Waals surface area (Å²) in [6.45, 7) is 1.37. The molecule has 0 aliphatic heterocycles. The van der Waals surface area contributed by atoms with Crippen LogP contribution >= 0.6 is 23.2 Å². The molecule has 1 heterocycles. The number of pyridine rings is 1. The molecule has 2 aromatic rings. The fourth-order valence-electron chi connectivity index (χ4n) is 1.79. The van der Waals surface area contributed by atoms with Crippen LogP contribution in [0.1, 0.15) is 18.6 Å². The second-order valence-corrected chi connectivity index (χ2v) is 5.71. The van der Waals surface area contributed by atoms with Gasteiger partial charge in [0.1, 0.15) is 0 Å².